The molecule has 0 aromatic carbocycles. The second-order valence-electron chi connectivity index (χ2n) is 3.48. The zero-order valence-corrected chi connectivity index (χ0v) is 10.9. The predicted molar refractivity (Wildman–Crippen MR) is 63.8 cm³/mol. The Kier molecular flexibility index (Phi) is 3.25. The zero-order chi connectivity index (χ0) is 11.7. The highest BCUT2D eigenvalue weighted by atomic mass is 35.5. The number of hydrogen-bond acceptors (Lipinski definition) is 5. The first-order valence-corrected chi connectivity index (χ1v) is 6.29. The van der Waals surface area contributed by atoms with Crippen molar-refractivity contribution in [2.24, 2.45) is 0 Å². The minimum Gasteiger partial charge on any atom is -0.333 e. The van der Waals surface area contributed by atoms with Crippen molar-refractivity contribution in [1.29, 1.82) is 0 Å². The van der Waals surface area contributed by atoms with Crippen LogP contribution >= 0.6 is 22.9 Å². The molecule has 2 heterocycles. The van der Waals surface area contributed by atoms with Gasteiger partial charge < -0.3 is 4.52 Å². The quantitative estimate of drug-likeness (QED) is 0.790. The third kappa shape index (κ3) is 2.10. The summed E-state index contributed by atoms with van der Waals surface area (Å²) in [4.78, 5) is 9.53. The third-order valence-electron chi connectivity index (χ3n) is 2.18. The van der Waals surface area contributed by atoms with Gasteiger partial charge in [0.2, 0.25) is 0 Å². The molecule has 0 saturated carbocycles. The summed E-state index contributed by atoms with van der Waals surface area (Å²) in [6.45, 7) is 5.87. The standard InChI is InChI=1S/C10H12ClN3OS/c1-4-7(11)9-13-10(15-14-9)8-5(2)12-6(3)16-8/h7H,4H2,1-3H3. The smallest absolute Gasteiger partial charge is 0.269 e. The molecule has 6 heteroatoms. The summed E-state index contributed by atoms with van der Waals surface area (Å²) in [5, 5.41) is 4.68. The maximum atomic E-state index is 6.04. The number of nitrogens with zero attached hydrogens (tertiary/aromatic N) is 3. The molecule has 4 nitrogen and oxygen atoms in total. The van der Waals surface area contributed by atoms with E-state index in [1.54, 1.807) is 11.3 Å². The van der Waals surface area contributed by atoms with Gasteiger partial charge in [0.15, 0.2) is 5.82 Å². The lowest BCUT2D eigenvalue weighted by Gasteiger charge is -1.95. The number of aromatic nitrogens is 3. The molecule has 0 N–H and O–H groups in total. The van der Waals surface area contributed by atoms with Crippen LogP contribution in [0.2, 0.25) is 0 Å². The number of halogens is 1. The van der Waals surface area contributed by atoms with Gasteiger partial charge >= 0.3 is 0 Å². The number of rotatable bonds is 3. The van der Waals surface area contributed by atoms with Crippen LogP contribution in [-0.2, 0) is 0 Å². The number of thiazole rings is 1. The number of hydrogen-bond donors (Lipinski definition) is 0. The van der Waals surface area contributed by atoms with Crippen molar-refractivity contribution in [3.05, 3.63) is 16.5 Å². The van der Waals surface area contributed by atoms with Crippen LogP contribution in [0.3, 0.4) is 0 Å². The molecule has 0 aliphatic heterocycles. The number of alkyl halides is 1. The minimum atomic E-state index is -0.188. The van der Waals surface area contributed by atoms with Gasteiger partial charge in [-0.1, -0.05) is 12.1 Å². The molecule has 1 atom stereocenters. The van der Waals surface area contributed by atoms with Crippen molar-refractivity contribution < 1.29 is 4.52 Å². The topological polar surface area (TPSA) is 51.8 Å². The molecule has 0 saturated heterocycles. The Hall–Kier alpha value is -0.940. The maximum absolute atomic E-state index is 6.04. The van der Waals surface area contributed by atoms with Crippen LogP contribution in [0.4, 0.5) is 0 Å². The Morgan fingerprint density at radius 3 is 2.69 bits per heavy atom. The van der Waals surface area contributed by atoms with E-state index in [1.807, 2.05) is 20.8 Å². The van der Waals surface area contributed by atoms with Crippen LogP contribution in [0.15, 0.2) is 4.52 Å². The Morgan fingerprint density at radius 1 is 1.38 bits per heavy atom. The van der Waals surface area contributed by atoms with E-state index < -0.39 is 0 Å². The highest BCUT2D eigenvalue weighted by Crippen LogP contribution is 2.30. The van der Waals surface area contributed by atoms with Crippen LogP contribution < -0.4 is 0 Å². The Bertz CT molecular complexity index is 494. The van der Waals surface area contributed by atoms with E-state index in [4.69, 9.17) is 16.1 Å². The lowest BCUT2D eigenvalue weighted by molar-refractivity contribution is 0.422. The molecule has 0 aliphatic rings. The van der Waals surface area contributed by atoms with Gasteiger partial charge in [0, 0.05) is 0 Å². The van der Waals surface area contributed by atoms with Crippen LogP contribution in [0, 0.1) is 13.8 Å². The van der Waals surface area contributed by atoms with Gasteiger partial charge in [-0.3, -0.25) is 0 Å². The fourth-order valence-corrected chi connectivity index (χ4v) is 2.30. The van der Waals surface area contributed by atoms with E-state index in [0.29, 0.717) is 11.7 Å². The summed E-state index contributed by atoms with van der Waals surface area (Å²) < 4.78 is 5.19. The van der Waals surface area contributed by atoms with E-state index in [9.17, 15) is 0 Å². The van der Waals surface area contributed by atoms with Crippen LogP contribution in [0.5, 0.6) is 0 Å². The van der Waals surface area contributed by atoms with Crippen molar-refractivity contribution in [3.8, 4) is 10.8 Å². The van der Waals surface area contributed by atoms with Gasteiger partial charge in [0.1, 0.15) is 4.88 Å². The molecule has 0 fully saturated rings. The van der Waals surface area contributed by atoms with Gasteiger partial charge in [0.05, 0.1) is 16.1 Å². The van der Waals surface area contributed by atoms with Crippen molar-refractivity contribution in [1.82, 2.24) is 15.1 Å². The van der Waals surface area contributed by atoms with Crippen LogP contribution in [0.1, 0.15) is 35.2 Å². The predicted octanol–water partition coefficient (Wildman–Crippen LogP) is 3.50. The van der Waals surface area contributed by atoms with Gasteiger partial charge in [-0.15, -0.1) is 22.9 Å². The lowest BCUT2D eigenvalue weighted by Crippen LogP contribution is -1.90. The van der Waals surface area contributed by atoms with Crippen molar-refractivity contribution in [2.75, 3.05) is 0 Å². The SMILES string of the molecule is CCC(Cl)c1noc(-c2sc(C)nc2C)n1. The Balaban J connectivity index is 2.35. The molecule has 2 aromatic rings. The van der Waals surface area contributed by atoms with Gasteiger partial charge in [-0.05, 0) is 20.3 Å². The molecule has 0 amide bonds. The largest absolute Gasteiger partial charge is 0.333 e. The molecule has 16 heavy (non-hydrogen) atoms. The minimum absolute atomic E-state index is 0.188. The van der Waals surface area contributed by atoms with Crippen LogP contribution in [-0.4, -0.2) is 15.1 Å². The molecular formula is C10H12ClN3OS. The molecule has 0 radical (unpaired) electrons. The van der Waals surface area contributed by atoms with Crippen molar-refractivity contribution in [2.45, 2.75) is 32.6 Å². The highest BCUT2D eigenvalue weighted by Gasteiger charge is 2.18. The molecule has 0 spiro atoms. The summed E-state index contributed by atoms with van der Waals surface area (Å²) in [5.41, 5.74) is 0.917. The fourth-order valence-electron chi connectivity index (χ4n) is 1.37. The first-order chi connectivity index (χ1) is 7.61. The van der Waals surface area contributed by atoms with Crippen LogP contribution in [0.25, 0.3) is 10.8 Å². The lowest BCUT2D eigenvalue weighted by atomic mass is 10.3. The summed E-state index contributed by atoms with van der Waals surface area (Å²) in [7, 11) is 0. The summed E-state index contributed by atoms with van der Waals surface area (Å²) in [5.74, 6) is 1.06. The second kappa shape index (κ2) is 4.51. The Labute approximate surface area is 103 Å². The van der Waals surface area contributed by atoms with Crippen molar-refractivity contribution >= 4 is 22.9 Å². The first-order valence-electron chi connectivity index (χ1n) is 5.04. The van der Waals surface area contributed by atoms with Gasteiger partial charge in [-0.25, -0.2) is 4.98 Å². The second-order valence-corrected chi connectivity index (χ2v) is 5.21. The first kappa shape index (κ1) is 11.5. The zero-order valence-electron chi connectivity index (χ0n) is 9.32. The van der Waals surface area contributed by atoms with Gasteiger partial charge in [-0.2, -0.15) is 4.98 Å². The summed E-state index contributed by atoms with van der Waals surface area (Å²) in [6.07, 6.45) is 0.779. The third-order valence-corrected chi connectivity index (χ3v) is 3.74. The maximum Gasteiger partial charge on any atom is 0.269 e. The van der Waals surface area contributed by atoms with E-state index in [0.717, 1.165) is 22.0 Å². The van der Waals surface area contributed by atoms with E-state index in [2.05, 4.69) is 15.1 Å². The average molecular weight is 258 g/mol. The molecule has 86 valence electrons. The van der Waals surface area contributed by atoms with Gasteiger partial charge in [0.25, 0.3) is 5.89 Å². The van der Waals surface area contributed by atoms with E-state index >= 15 is 0 Å². The molecule has 1 unspecified atom stereocenters. The highest BCUT2D eigenvalue weighted by molar-refractivity contribution is 7.15. The Morgan fingerprint density at radius 2 is 2.12 bits per heavy atom. The fraction of sp³-hybridized carbons (Fsp3) is 0.500. The van der Waals surface area contributed by atoms with E-state index in [1.165, 1.54) is 0 Å². The molecule has 2 aromatic heterocycles. The van der Waals surface area contributed by atoms with E-state index in [-0.39, 0.29) is 5.38 Å². The number of aryl methyl sites for hydroxylation is 2. The van der Waals surface area contributed by atoms with Crippen molar-refractivity contribution in [3.63, 3.8) is 0 Å². The molecule has 0 aliphatic carbocycles. The summed E-state index contributed by atoms with van der Waals surface area (Å²) >= 11 is 7.59. The monoisotopic (exact) mass is 257 g/mol. The average Bonchev–Trinajstić information content (AvgIpc) is 2.83. The normalized spacial score (nSPS) is 13.0. The molecule has 0 bridgehead atoms. The summed E-state index contributed by atoms with van der Waals surface area (Å²) in [6, 6.07) is 0. The molecule has 2 rings (SSSR count). The molecular weight excluding hydrogens is 246 g/mol.